The van der Waals surface area contributed by atoms with E-state index in [2.05, 4.69) is 33.0 Å². The topological polar surface area (TPSA) is 41.5 Å². The maximum atomic E-state index is 10.3. The molecule has 0 radical (unpaired) electrons. The molecule has 1 fully saturated rings. The van der Waals surface area contributed by atoms with Gasteiger partial charge < -0.3 is 15.2 Å². The molecule has 0 aromatic carbocycles. The molecule has 102 valence electrons. The molecule has 2 N–H and O–H groups in total. The fourth-order valence-electron chi connectivity index (χ4n) is 2.33. The Kier molecular flexibility index (Phi) is 4.99. The third kappa shape index (κ3) is 6.39. The summed E-state index contributed by atoms with van der Waals surface area (Å²) < 4.78 is 5.76. The summed E-state index contributed by atoms with van der Waals surface area (Å²) in [6.45, 7) is 11.3. The Bertz CT molecular complexity index is 233. The van der Waals surface area contributed by atoms with Crippen LogP contribution in [0.3, 0.4) is 0 Å². The summed E-state index contributed by atoms with van der Waals surface area (Å²) in [5.74, 6) is 0. The third-order valence-electron chi connectivity index (χ3n) is 3.31. The second-order valence-electron chi connectivity index (χ2n) is 6.77. The van der Waals surface area contributed by atoms with Crippen LogP contribution in [0.1, 0.15) is 60.3 Å². The van der Waals surface area contributed by atoms with Crippen molar-refractivity contribution in [1.29, 1.82) is 0 Å². The highest BCUT2D eigenvalue weighted by atomic mass is 16.5. The first-order valence-corrected chi connectivity index (χ1v) is 6.81. The van der Waals surface area contributed by atoms with Gasteiger partial charge in [-0.2, -0.15) is 0 Å². The molecule has 0 bridgehead atoms. The largest absolute Gasteiger partial charge is 0.390 e. The molecule has 3 heteroatoms. The summed E-state index contributed by atoms with van der Waals surface area (Å²) in [4.78, 5) is 0. The molecule has 0 spiro atoms. The lowest BCUT2D eigenvalue weighted by Crippen LogP contribution is -2.40. The fraction of sp³-hybridized carbons (Fsp3) is 1.00. The van der Waals surface area contributed by atoms with E-state index in [-0.39, 0.29) is 11.6 Å². The van der Waals surface area contributed by atoms with Crippen molar-refractivity contribution >= 4 is 0 Å². The SMILES string of the molecule is CC1CCC(CC(C)(O)CCNC(C)(C)C)O1. The molecule has 1 heterocycles. The standard InChI is InChI=1S/C14H29NO2/c1-11-6-7-12(17-11)10-14(5,16)8-9-15-13(2,3)4/h11-12,15-16H,6-10H2,1-5H3. The Balaban J connectivity index is 2.26. The van der Waals surface area contributed by atoms with Gasteiger partial charge in [-0.3, -0.25) is 0 Å². The summed E-state index contributed by atoms with van der Waals surface area (Å²) in [6, 6.07) is 0. The van der Waals surface area contributed by atoms with E-state index in [9.17, 15) is 5.11 Å². The smallest absolute Gasteiger partial charge is 0.0656 e. The van der Waals surface area contributed by atoms with E-state index in [0.29, 0.717) is 6.10 Å². The van der Waals surface area contributed by atoms with Crippen molar-refractivity contribution < 1.29 is 9.84 Å². The van der Waals surface area contributed by atoms with Crippen molar-refractivity contribution in [2.75, 3.05) is 6.54 Å². The van der Waals surface area contributed by atoms with Crippen molar-refractivity contribution in [3.05, 3.63) is 0 Å². The van der Waals surface area contributed by atoms with Crippen molar-refractivity contribution in [2.45, 2.75) is 83.6 Å². The van der Waals surface area contributed by atoms with Crippen molar-refractivity contribution in [1.82, 2.24) is 5.32 Å². The van der Waals surface area contributed by atoms with Crippen LogP contribution in [-0.2, 0) is 4.74 Å². The van der Waals surface area contributed by atoms with Gasteiger partial charge in [-0.1, -0.05) is 0 Å². The Morgan fingerprint density at radius 2 is 1.88 bits per heavy atom. The zero-order valence-electron chi connectivity index (χ0n) is 12.0. The van der Waals surface area contributed by atoms with E-state index in [1.54, 1.807) is 0 Å². The van der Waals surface area contributed by atoms with Crippen LogP contribution in [0, 0.1) is 0 Å². The second-order valence-corrected chi connectivity index (χ2v) is 6.77. The van der Waals surface area contributed by atoms with Gasteiger partial charge in [0, 0.05) is 12.0 Å². The van der Waals surface area contributed by atoms with E-state index >= 15 is 0 Å². The first kappa shape index (κ1) is 14.9. The minimum Gasteiger partial charge on any atom is -0.390 e. The van der Waals surface area contributed by atoms with E-state index in [0.717, 1.165) is 32.2 Å². The summed E-state index contributed by atoms with van der Waals surface area (Å²) in [7, 11) is 0. The Morgan fingerprint density at radius 3 is 2.35 bits per heavy atom. The highest BCUT2D eigenvalue weighted by Crippen LogP contribution is 2.27. The Morgan fingerprint density at radius 1 is 1.24 bits per heavy atom. The van der Waals surface area contributed by atoms with Crippen LogP contribution in [0.15, 0.2) is 0 Å². The monoisotopic (exact) mass is 243 g/mol. The van der Waals surface area contributed by atoms with Crippen molar-refractivity contribution in [3.8, 4) is 0 Å². The first-order valence-electron chi connectivity index (χ1n) is 6.81. The number of aliphatic hydroxyl groups is 1. The summed E-state index contributed by atoms with van der Waals surface area (Å²) in [5.41, 5.74) is -0.499. The normalized spacial score (nSPS) is 29.3. The van der Waals surface area contributed by atoms with Crippen molar-refractivity contribution in [2.24, 2.45) is 0 Å². The van der Waals surface area contributed by atoms with Gasteiger partial charge in [0.2, 0.25) is 0 Å². The molecule has 0 aliphatic carbocycles. The highest BCUT2D eigenvalue weighted by molar-refractivity contribution is 4.83. The predicted octanol–water partition coefficient (Wildman–Crippen LogP) is 2.47. The van der Waals surface area contributed by atoms with Gasteiger partial charge in [-0.15, -0.1) is 0 Å². The van der Waals surface area contributed by atoms with E-state index in [4.69, 9.17) is 4.74 Å². The molecule has 3 nitrogen and oxygen atoms in total. The number of hydrogen-bond acceptors (Lipinski definition) is 3. The van der Waals surface area contributed by atoms with Crippen LogP contribution in [0.2, 0.25) is 0 Å². The minimum absolute atomic E-state index is 0.119. The number of hydrogen-bond donors (Lipinski definition) is 2. The van der Waals surface area contributed by atoms with Crippen LogP contribution < -0.4 is 5.32 Å². The molecule has 0 amide bonds. The molecule has 0 aromatic rings. The lowest BCUT2D eigenvalue weighted by atomic mass is 9.93. The van der Waals surface area contributed by atoms with Gasteiger partial charge in [0.1, 0.15) is 0 Å². The molecule has 17 heavy (non-hydrogen) atoms. The minimum atomic E-state index is -0.618. The average Bonchev–Trinajstić information content (AvgIpc) is 2.47. The van der Waals surface area contributed by atoms with Gasteiger partial charge >= 0.3 is 0 Å². The van der Waals surface area contributed by atoms with Gasteiger partial charge in [-0.25, -0.2) is 0 Å². The number of rotatable bonds is 5. The molecule has 0 aromatic heterocycles. The Labute approximate surface area is 106 Å². The second kappa shape index (κ2) is 5.68. The van der Waals surface area contributed by atoms with Crippen molar-refractivity contribution in [3.63, 3.8) is 0 Å². The molecule has 1 aliphatic heterocycles. The van der Waals surface area contributed by atoms with E-state index in [1.165, 1.54) is 0 Å². The predicted molar refractivity (Wildman–Crippen MR) is 71.2 cm³/mol. The lowest BCUT2D eigenvalue weighted by molar-refractivity contribution is -0.0281. The van der Waals surface area contributed by atoms with Gasteiger partial charge in [0.05, 0.1) is 17.8 Å². The van der Waals surface area contributed by atoms with Crippen LogP contribution in [-0.4, -0.2) is 35.0 Å². The Hall–Kier alpha value is -0.120. The van der Waals surface area contributed by atoms with Crippen LogP contribution >= 0.6 is 0 Å². The molecule has 0 saturated carbocycles. The van der Waals surface area contributed by atoms with E-state index in [1.807, 2.05) is 6.92 Å². The summed E-state index contributed by atoms with van der Waals surface area (Å²) in [5, 5.41) is 13.7. The zero-order valence-corrected chi connectivity index (χ0v) is 12.0. The molecule has 1 saturated heterocycles. The molecule has 3 atom stereocenters. The van der Waals surface area contributed by atoms with Crippen LogP contribution in [0.25, 0.3) is 0 Å². The summed E-state index contributed by atoms with van der Waals surface area (Å²) in [6.07, 6.45) is 4.35. The average molecular weight is 243 g/mol. The van der Waals surface area contributed by atoms with Gasteiger partial charge in [0.15, 0.2) is 0 Å². The summed E-state index contributed by atoms with van der Waals surface area (Å²) >= 11 is 0. The van der Waals surface area contributed by atoms with Gasteiger partial charge in [-0.05, 0) is 60.4 Å². The van der Waals surface area contributed by atoms with Crippen LogP contribution in [0.5, 0.6) is 0 Å². The molecular formula is C14H29NO2. The highest BCUT2D eigenvalue weighted by Gasteiger charge is 2.30. The van der Waals surface area contributed by atoms with E-state index < -0.39 is 5.60 Å². The van der Waals surface area contributed by atoms with Gasteiger partial charge in [0.25, 0.3) is 0 Å². The molecule has 1 aliphatic rings. The maximum Gasteiger partial charge on any atom is 0.0656 e. The third-order valence-corrected chi connectivity index (χ3v) is 3.31. The fourth-order valence-corrected chi connectivity index (χ4v) is 2.33. The molecule has 1 rings (SSSR count). The van der Waals surface area contributed by atoms with Crippen LogP contribution in [0.4, 0.5) is 0 Å². The first-order chi connectivity index (χ1) is 7.68. The zero-order chi connectivity index (χ0) is 13.1. The molecule has 3 unspecified atom stereocenters. The molecular weight excluding hydrogens is 214 g/mol. The lowest BCUT2D eigenvalue weighted by Gasteiger charge is -2.29. The number of ether oxygens (including phenoxy) is 1. The quantitative estimate of drug-likeness (QED) is 0.779. The number of nitrogens with one attached hydrogen (secondary N) is 1. The maximum absolute atomic E-state index is 10.3.